The van der Waals surface area contributed by atoms with Crippen molar-refractivity contribution in [3.05, 3.63) is 39.4 Å². The second kappa shape index (κ2) is 5.43. The van der Waals surface area contributed by atoms with E-state index >= 15 is 0 Å². The summed E-state index contributed by atoms with van der Waals surface area (Å²) in [6.07, 6.45) is 0. The summed E-state index contributed by atoms with van der Waals surface area (Å²) in [5.74, 6) is 0. The van der Waals surface area contributed by atoms with E-state index in [1.54, 1.807) is 19.2 Å². The molecule has 0 amide bonds. The maximum absolute atomic E-state index is 10.7. The lowest BCUT2D eigenvalue weighted by molar-refractivity contribution is -0.385. The first kappa shape index (κ1) is 11.6. The van der Waals surface area contributed by atoms with Crippen LogP contribution in [0.3, 0.4) is 0 Å². The van der Waals surface area contributed by atoms with Crippen molar-refractivity contribution in [1.29, 1.82) is 0 Å². The highest BCUT2D eigenvalue weighted by molar-refractivity contribution is 5.42. The largest absolute Gasteiger partial charge is 0.380 e. The van der Waals surface area contributed by atoms with E-state index in [1.807, 2.05) is 0 Å². The zero-order valence-corrected chi connectivity index (χ0v) is 8.73. The lowest BCUT2D eigenvalue weighted by Crippen LogP contribution is -1.99. The molecule has 0 unspecified atom stereocenters. The molecule has 1 aromatic rings. The monoisotopic (exact) mass is 211 g/mol. The molecule has 0 saturated carbocycles. The van der Waals surface area contributed by atoms with Crippen LogP contribution in [0.4, 0.5) is 5.69 Å². The third-order valence-corrected chi connectivity index (χ3v) is 1.95. The standard InChI is InChI=1S/C10H13NO4/c1-14-6-8-3-4-10(11(12)13)9(5-8)7-15-2/h3-5H,6-7H2,1-2H3. The fourth-order valence-electron chi connectivity index (χ4n) is 1.34. The summed E-state index contributed by atoms with van der Waals surface area (Å²) in [6, 6.07) is 4.88. The number of hydrogen-bond donors (Lipinski definition) is 0. The van der Waals surface area contributed by atoms with Crippen LogP contribution in [0.2, 0.25) is 0 Å². The van der Waals surface area contributed by atoms with Gasteiger partial charge in [0.2, 0.25) is 0 Å². The topological polar surface area (TPSA) is 61.6 Å². The molecule has 0 atom stereocenters. The summed E-state index contributed by atoms with van der Waals surface area (Å²) in [7, 11) is 3.09. The first-order valence-electron chi connectivity index (χ1n) is 4.43. The minimum atomic E-state index is -0.412. The van der Waals surface area contributed by atoms with E-state index in [-0.39, 0.29) is 12.3 Å². The molecule has 0 N–H and O–H groups in total. The molecule has 0 aliphatic heterocycles. The minimum Gasteiger partial charge on any atom is -0.380 e. The molecule has 0 fully saturated rings. The molecule has 5 nitrogen and oxygen atoms in total. The Bertz CT molecular complexity index is 351. The maximum atomic E-state index is 10.7. The Kier molecular flexibility index (Phi) is 4.20. The van der Waals surface area contributed by atoms with Gasteiger partial charge >= 0.3 is 0 Å². The van der Waals surface area contributed by atoms with Gasteiger partial charge in [-0.25, -0.2) is 0 Å². The van der Waals surface area contributed by atoms with E-state index in [1.165, 1.54) is 13.2 Å². The van der Waals surface area contributed by atoms with Gasteiger partial charge in [0.15, 0.2) is 0 Å². The number of methoxy groups -OCH3 is 2. The normalized spacial score (nSPS) is 10.3. The van der Waals surface area contributed by atoms with Crippen LogP contribution in [0, 0.1) is 10.1 Å². The molecule has 0 spiro atoms. The van der Waals surface area contributed by atoms with Gasteiger partial charge in [-0.05, 0) is 17.7 Å². The van der Waals surface area contributed by atoms with Crippen LogP contribution in [0.25, 0.3) is 0 Å². The minimum absolute atomic E-state index is 0.0803. The van der Waals surface area contributed by atoms with E-state index in [2.05, 4.69) is 0 Å². The lowest BCUT2D eigenvalue weighted by Gasteiger charge is -2.04. The Balaban J connectivity index is 3.03. The molecule has 1 rings (SSSR count). The number of benzene rings is 1. The number of nitrogens with zero attached hydrogens (tertiary/aromatic N) is 1. The Labute approximate surface area is 87.8 Å². The van der Waals surface area contributed by atoms with Crippen LogP contribution in [-0.2, 0) is 22.7 Å². The van der Waals surface area contributed by atoms with Crippen molar-refractivity contribution in [3.8, 4) is 0 Å². The predicted molar refractivity (Wildman–Crippen MR) is 54.5 cm³/mol. The Morgan fingerprint density at radius 2 is 1.93 bits per heavy atom. The summed E-state index contributed by atoms with van der Waals surface area (Å²) in [6.45, 7) is 0.669. The first-order valence-corrected chi connectivity index (χ1v) is 4.43. The Morgan fingerprint density at radius 3 is 2.47 bits per heavy atom. The van der Waals surface area contributed by atoms with Gasteiger partial charge in [-0.3, -0.25) is 10.1 Å². The number of nitro benzene ring substituents is 1. The van der Waals surface area contributed by atoms with Crippen molar-refractivity contribution in [2.24, 2.45) is 0 Å². The van der Waals surface area contributed by atoms with Gasteiger partial charge < -0.3 is 9.47 Å². The molecule has 0 aromatic heterocycles. The quantitative estimate of drug-likeness (QED) is 0.551. The van der Waals surface area contributed by atoms with Gasteiger partial charge in [-0.15, -0.1) is 0 Å². The van der Waals surface area contributed by atoms with E-state index in [4.69, 9.17) is 9.47 Å². The van der Waals surface area contributed by atoms with Crippen molar-refractivity contribution in [2.75, 3.05) is 14.2 Å². The van der Waals surface area contributed by atoms with Gasteiger partial charge in [0.05, 0.1) is 23.7 Å². The third-order valence-electron chi connectivity index (χ3n) is 1.95. The van der Waals surface area contributed by atoms with E-state index < -0.39 is 4.92 Å². The second-order valence-electron chi connectivity index (χ2n) is 3.09. The van der Waals surface area contributed by atoms with Crippen LogP contribution in [0.15, 0.2) is 18.2 Å². The highest BCUT2D eigenvalue weighted by atomic mass is 16.6. The Hall–Kier alpha value is -1.46. The van der Waals surface area contributed by atoms with Gasteiger partial charge in [-0.1, -0.05) is 0 Å². The lowest BCUT2D eigenvalue weighted by atomic mass is 10.1. The fourth-order valence-corrected chi connectivity index (χ4v) is 1.34. The van der Waals surface area contributed by atoms with Crippen LogP contribution >= 0.6 is 0 Å². The van der Waals surface area contributed by atoms with Crippen LogP contribution in [0.5, 0.6) is 0 Å². The molecule has 0 radical (unpaired) electrons. The fraction of sp³-hybridized carbons (Fsp3) is 0.400. The van der Waals surface area contributed by atoms with Gasteiger partial charge in [0.25, 0.3) is 5.69 Å². The van der Waals surface area contributed by atoms with Crippen LogP contribution in [0.1, 0.15) is 11.1 Å². The molecule has 15 heavy (non-hydrogen) atoms. The summed E-state index contributed by atoms with van der Waals surface area (Å²) < 4.78 is 9.86. The highest BCUT2D eigenvalue weighted by Crippen LogP contribution is 2.21. The van der Waals surface area contributed by atoms with E-state index in [9.17, 15) is 10.1 Å². The third kappa shape index (κ3) is 3.00. The summed E-state index contributed by atoms with van der Waals surface area (Å²) in [5.41, 5.74) is 1.55. The number of rotatable bonds is 5. The molecule has 82 valence electrons. The summed E-state index contributed by atoms with van der Waals surface area (Å²) in [4.78, 5) is 10.3. The molecular formula is C10H13NO4. The van der Waals surface area contributed by atoms with Gasteiger partial charge in [0.1, 0.15) is 0 Å². The summed E-state index contributed by atoms with van der Waals surface area (Å²) in [5, 5.41) is 10.7. The van der Waals surface area contributed by atoms with Crippen LogP contribution in [-0.4, -0.2) is 19.1 Å². The Morgan fingerprint density at radius 1 is 1.27 bits per heavy atom. The molecule has 0 saturated heterocycles. The van der Waals surface area contributed by atoms with Crippen molar-refractivity contribution in [2.45, 2.75) is 13.2 Å². The smallest absolute Gasteiger partial charge is 0.274 e. The van der Waals surface area contributed by atoms with Crippen molar-refractivity contribution in [3.63, 3.8) is 0 Å². The zero-order chi connectivity index (χ0) is 11.3. The van der Waals surface area contributed by atoms with Gasteiger partial charge in [0, 0.05) is 20.3 Å². The molecular weight excluding hydrogens is 198 g/mol. The molecule has 0 bridgehead atoms. The highest BCUT2D eigenvalue weighted by Gasteiger charge is 2.13. The van der Waals surface area contributed by atoms with Crippen molar-refractivity contribution in [1.82, 2.24) is 0 Å². The number of nitro groups is 1. The van der Waals surface area contributed by atoms with Crippen LogP contribution < -0.4 is 0 Å². The molecule has 0 aliphatic carbocycles. The maximum Gasteiger partial charge on any atom is 0.274 e. The molecule has 1 aromatic carbocycles. The molecule has 0 aliphatic rings. The predicted octanol–water partition coefficient (Wildman–Crippen LogP) is 1.89. The number of ether oxygens (including phenoxy) is 2. The van der Waals surface area contributed by atoms with Gasteiger partial charge in [-0.2, -0.15) is 0 Å². The molecule has 0 heterocycles. The van der Waals surface area contributed by atoms with E-state index in [0.717, 1.165) is 5.56 Å². The zero-order valence-electron chi connectivity index (χ0n) is 8.73. The van der Waals surface area contributed by atoms with Crippen molar-refractivity contribution < 1.29 is 14.4 Å². The summed E-state index contributed by atoms with van der Waals surface area (Å²) >= 11 is 0. The SMILES string of the molecule is COCc1ccc([N+](=O)[O-])c(COC)c1. The molecule has 5 heteroatoms. The average molecular weight is 211 g/mol. The van der Waals surface area contributed by atoms with E-state index in [0.29, 0.717) is 12.2 Å². The number of hydrogen-bond acceptors (Lipinski definition) is 4. The first-order chi connectivity index (χ1) is 7.19. The van der Waals surface area contributed by atoms with Crippen molar-refractivity contribution >= 4 is 5.69 Å². The second-order valence-corrected chi connectivity index (χ2v) is 3.09. The average Bonchev–Trinajstić information content (AvgIpc) is 2.18.